The summed E-state index contributed by atoms with van der Waals surface area (Å²) in [6.07, 6.45) is 4.03. The van der Waals surface area contributed by atoms with Crippen LogP contribution in [0.4, 0.5) is 11.4 Å². The van der Waals surface area contributed by atoms with E-state index in [1.807, 2.05) is 4.57 Å². The first-order valence-electron chi connectivity index (χ1n) is 7.09. The standard InChI is InChI=1S/C13H13N5O4S/c19-17(20)9-5-6-11(10(8-9)18(21)22)23-13-15-14-12-4-2-1-3-7-16(12)13/h5-6,8H,1-4,7H2. The van der Waals surface area contributed by atoms with Crippen LogP contribution in [0.2, 0.25) is 0 Å². The number of benzene rings is 1. The van der Waals surface area contributed by atoms with Gasteiger partial charge in [-0.3, -0.25) is 20.2 Å². The van der Waals surface area contributed by atoms with Crippen LogP contribution in [0.3, 0.4) is 0 Å². The first-order valence-corrected chi connectivity index (χ1v) is 7.90. The van der Waals surface area contributed by atoms with Crippen LogP contribution in [0.25, 0.3) is 0 Å². The number of hydrogen-bond donors (Lipinski definition) is 0. The summed E-state index contributed by atoms with van der Waals surface area (Å²) in [7, 11) is 0. The second-order valence-electron chi connectivity index (χ2n) is 5.13. The summed E-state index contributed by atoms with van der Waals surface area (Å²) in [4.78, 5) is 21.0. The van der Waals surface area contributed by atoms with Crippen molar-refractivity contribution in [3.63, 3.8) is 0 Å². The molecule has 0 atom stereocenters. The number of nitrogens with zero attached hydrogens (tertiary/aromatic N) is 5. The Hall–Kier alpha value is -2.49. The second-order valence-corrected chi connectivity index (χ2v) is 6.14. The molecular formula is C13H13N5O4S. The summed E-state index contributed by atoms with van der Waals surface area (Å²) >= 11 is 1.12. The van der Waals surface area contributed by atoms with E-state index in [9.17, 15) is 20.2 Å². The SMILES string of the molecule is O=[N+]([O-])c1ccc(Sc2nnc3n2CCCCC3)c([N+](=O)[O-])c1. The largest absolute Gasteiger partial charge is 0.306 e. The Morgan fingerprint density at radius 2 is 1.91 bits per heavy atom. The molecule has 0 saturated heterocycles. The predicted molar refractivity (Wildman–Crippen MR) is 81.5 cm³/mol. The highest BCUT2D eigenvalue weighted by molar-refractivity contribution is 7.99. The molecule has 0 amide bonds. The Morgan fingerprint density at radius 1 is 1.09 bits per heavy atom. The third-order valence-corrected chi connectivity index (χ3v) is 4.68. The molecule has 23 heavy (non-hydrogen) atoms. The minimum Gasteiger partial charge on any atom is -0.306 e. The van der Waals surface area contributed by atoms with Crippen LogP contribution >= 0.6 is 11.8 Å². The summed E-state index contributed by atoms with van der Waals surface area (Å²) in [6.45, 7) is 0.783. The molecule has 0 unspecified atom stereocenters. The zero-order chi connectivity index (χ0) is 16.4. The minimum atomic E-state index is -0.648. The first-order chi connectivity index (χ1) is 11.1. The van der Waals surface area contributed by atoms with Gasteiger partial charge in [0, 0.05) is 19.0 Å². The molecule has 1 aliphatic rings. The Bertz CT molecular complexity index is 776. The number of hydrogen-bond acceptors (Lipinski definition) is 7. The molecule has 0 bridgehead atoms. The molecule has 1 aromatic carbocycles. The molecule has 0 aliphatic carbocycles. The molecule has 1 aliphatic heterocycles. The molecule has 0 spiro atoms. The van der Waals surface area contributed by atoms with E-state index in [-0.39, 0.29) is 11.4 Å². The Morgan fingerprint density at radius 3 is 2.65 bits per heavy atom. The lowest BCUT2D eigenvalue weighted by Gasteiger charge is -2.06. The van der Waals surface area contributed by atoms with Crippen molar-refractivity contribution >= 4 is 23.1 Å². The Kier molecular flexibility index (Phi) is 4.24. The highest BCUT2D eigenvalue weighted by Crippen LogP contribution is 2.36. The van der Waals surface area contributed by atoms with Gasteiger partial charge in [-0.1, -0.05) is 6.42 Å². The van der Waals surface area contributed by atoms with Gasteiger partial charge in [-0.15, -0.1) is 10.2 Å². The van der Waals surface area contributed by atoms with Gasteiger partial charge in [0.05, 0.1) is 20.8 Å². The zero-order valence-corrected chi connectivity index (χ0v) is 12.9. The average Bonchev–Trinajstić information content (AvgIpc) is 2.75. The maximum absolute atomic E-state index is 11.2. The Labute approximate surface area is 135 Å². The molecule has 0 radical (unpaired) electrons. The van der Waals surface area contributed by atoms with Crippen LogP contribution in [0, 0.1) is 20.2 Å². The van der Waals surface area contributed by atoms with Crippen molar-refractivity contribution in [2.24, 2.45) is 0 Å². The second kappa shape index (κ2) is 6.32. The van der Waals surface area contributed by atoms with Crippen molar-refractivity contribution in [3.8, 4) is 0 Å². The molecule has 2 aromatic rings. The number of nitro groups is 2. The van der Waals surface area contributed by atoms with Crippen molar-refractivity contribution in [1.82, 2.24) is 14.8 Å². The zero-order valence-electron chi connectivity index (χ0n) is 12.0. The van der Waals surface area contributed by atoms with Crippen LogP contribution in [0.5, 0.6) is 0 Å². The van der Waals surface area contributed by atoms with Gasteiger partial charge in [0.1, 0.15) is 5.82 Å². The third kappa shape index (κ3) is 3.16. The summed E-state index contributed by atoms with van der Waals surface area (Å²) < 4.78 is 1.98. The van der Waals surface area contributed by atoms with Gasteiger partial charge in [-0.25, -0.2) is 0 Å². The maximum atomic E-state index is 11.2. The normalized spacial score (nSPS) is 14.1. The van der Waals surface area contributed by atoms with Crippen LogP contribution in [-0.2, 0) is 13.0 Å². The van der Waals surface area contributed by atoms with Crippen molar-refractivity contribution in [1.29, 1.82) is 0 Å². The van der Waals surface area contributed by atoms with Crippen molar-refractivity contribution in [2.75, 3.05) is 0 Å². The van der Waals surface area contributed by atoms with Gasteiger partial charge in [-0.05, 0) is 30.7 Å². The minimum absolute atomic E-state index is 0.296. The molecule has 0 fully saturated rings. The molecule has 120 valence electrons. The number of rotatable bonds is 4. The number of non-ortho nitro benzene ring substituents is 1. The molecular weight excluding hydrogens is 322 g/mol. The molecule has 0 saturated carbocycles. The molecule has 1 aromatic heterocycles. The molecule has 3 rings (SSSR count). The van der Waals surface area contributed by atoms with E-state index in [1.165, 1.54) is 12.1 Å². The Balaban J connectivity index is 1.95. The fourth-order valence-electron chi connectivity index (χ4n) is 2.48. The predicted octanol–water partition coefficient (Wildman–Crippen LogP) is 2.97. The first kappa shape index (κ1) is 15.4. The topological polar surface area (TPSA) is 117 Å². The van der Waals surface area contributed by atoms with E-state index in [1.54, 1.807) is 0 Å². The van der Waals surface area contributed by atoms with Crippen LogP contribution in [0.1, 0.15) is 25.1 Å². The van der Waals surface area contributed by atoms with Gasteiger partial charge < -0.3 is 4.57 Å². The quantitative estimate of drug-likeness (QED) is 0.622. The van der Waals surface area contributed by atoms with E-state index < -0.39 is 9.85 Å². The number of fused-ring (bicyclic) bond motifs is 1. The maximum Gasteiger partial charge on any atom is 0.290 e. The van der Waals surface area contributed by atoms with Gasteiger partial charge in [0.2, 0.25) is 0 Å². The van der Waals surface area contributed by atoms with Gasteiger partial charge in [0.25, 0.3) is 11.4 Å². The van der Waals surface area contributed by atoms with Gasteiger partial charge >= 0.3 is 0 Å². The number of aromatic nitrogens is 3. The molecule has 2 heterocycles. The molecule has 10 heteroatoms. The fourth-order valence-corrected chi connectivity index (χ4v) is 3.44. The lowest BCUT2D eigenvalue weighted by atomic mass is 10.2. The average molecular weight is 335 g/mol. The van der Waals surface area contributed by atoms with E-state index in [0.717, 1.165) is 55.9 Å². The van der Waals surface area contributed by atoms with E-state index >= 15 is 0 Å². The smallest absolute Gasteiger partial charge is 0.290 e. The highest BCUT2D eigenvalue weighted by atomic mass is 32.2. The fraction of sp³-hybridized carbons (Fsp3) is 0.385. The number of aryl methyl sites for hydroxylation is 1. The number of nitro benzene ring substituents is 2. The van der Waals surface area contributed by atoms with Crippen molar-refractivity contribution in [2.45, 2.75) is 42.3 Å². The van der Waals surface area contributed by atoms with Crippen LogP contribution in [0.15, 0.2) is 28.3 Å². The van der Waals surface area contributed by atoms with Gasteiger partial charge in [-0.2, -0.15) is 0 Å². The van der Waals surface area contributed by atoms with Crippen molar-refractivity contribution < 1.29 is 9.85 Å². The van der Waals surface area contributed by atoms with E-state index in [0.29, 0.717) is 10.1 Å². The summed E-state index contributed by atoms with van der Waals surface area (Å²) in [5, 5.41) is 30.8. The molecule has 9 nitrogen and oxygen atoms in total. The lowest BCUT2D eigenvalue weighted by molar-refractivity contribution is -0.396. The highest BCUT2D eigenvalue weighted by Gasteiger charge is 2.23. The molecule has 0 N–H and O–H groups in total. The summed E-state index contributed by atoms with van der Waals surface area (Å²) in [5.74, 6) is 0.884. The third-order valence-electron chi connectivity index (χ3n) is 3.63. The lowest BCUT2D eigenvalue weighted by Crippen LogP contribution is -2.02. The van der Waals surface area contributed by atoms with E-state index in [2.05, 4.69) is 10.2 Å². The summed E-state index contributed by atoms with van der Waals surface area (Å²) in [6, 6.07) is 3.62. The van der Waals surface area contributed by atoms with Gasteiger partial charge in [0.15, 0.2) is 5.16 Å². The van der Waals surface area contributed by atoms with Crippen LogP contribution in [-0.4, -0.2) is 24.6 Å². The van der Waals surface area contributed by atoms with Crippen molar-refractivity contribution in [3.05, 3.63) is 44.3 Å². The summed E-state index contributed by atoms with van der Waals surface area (Å²) in [5.41, 5.74) is -0.601. The van der Waals surface area contributed by atoms with E-state index in [4.69, 9.17) is 0 Å². The monoisotopic (exact) mass is 335 g/mol. The van der Waals surface area contributed by atoms with Crippen LogP contribution < -0.4 is 0 Å².